The molecule has 0 fully saturated rings. The van der Waals surface area contributed by atoms with E-state index in [0.717, 1.165) is 103 Å². The van der Waals surface area contributed by atoms with Gasteiger partial charge in [-0.15, -0.1) is 0 Å². The van der Waals surface area contributed by atoms with Crippen molar-refractivity contribution < 1.29 is 28.6 Å². The molecule has 0 amide bonds. The molecule has 0 aromatic heterocycles. The molecule has 0 bridgehead atoms. The van der Waals surface area contributed by atoms with E-state index < -0.39 is 6.10 Å². The molecule has 0 aliphatic carbocycles. The van der Waals surface area contributed by atoms with Gasteiger partial charge in [0.25, 0.3) is 0 Å². The first-order valence-corrected chi connectivity index (χ1v) is 33.7. The maximum atomic E-state index is 12.9. The van der Waals surface area contributed by atoms with E-state index in [0.29, 0.717) is 19.3 Å². The molecule has 0 rings (SSSR count). The number of ether oxygens (including phenoxy) is 3. The van der Waals surface area contributed by atoms with E-state index in [-0.39, 0.29) is 37.5 Å². The van der Waals surface area contributed by atoms with Gasteiger partial charge in [-0.25, -0.2) is 0 Å². The van der Waals surface area contributed by atoms with Gasteiger partial charge < -0.3 is 14.2 Å². The van der Waals surface area contributed by atoms with Crippen LogP contribution in [0.2, 0.25) is 0 Å². The molecule has 0 aliphatic rings. The second-order valence-corrected chi connectivity index (χ2v) is 22.3. The van der Waals surface area contributed by atoms with Crippen LogP contribution < -0.4 is 0 Å². The second kappa shape index (κ2) is 66.8. The summed E-state index contributed by atoms with van der Waals surface area (Å²) in [6.45, 7) is 6.47. The quantitative estimate of drug-likeness (QED) is 0.0261. The molecule has 0 aromatic carbocycles. The third-order valence-electron chi connectivity index (χ3n) is 14.5. The first-order valence-electron chi connectivity index (χ1n) is 33.7. The summed E-state index contributed by atoms with van der Waals surface area (Å²) in [6.07, 6.45) is 90.2. The van der Waals surface area contributed by atoms with Gasteiger partial charge in [0.2, 0.25) is 0 Å². The lowest BCUT2D eigenvalue weighted by molar-refractivity contribution is -0.167. The van der Waals surface area contributed by atoms with Crippen LogP contribution in [-0.4, -0.2) is 37.2 Å². The highest BCUT2D eigenvalue weighted by atomic mass is 16.6. The second-order valence-electron chi connectivity index (χ2n) is 22.3. The van der Waals surface area contributed by atoms with Crippen molar-refractivity contribution in [1.82, 2.24) is 0 Å². The molecule has 79 heavy (non-hydrogen) atoms. The molecular formula is C73H126O6. The van der Waals surface area contributed by atoms with Crippen LogP contribution in [0.5, 0.6) is 0 Å². The van der Waals surface area contributed by atoms with Crippen LogP contribution in [0.3, 0.4) is 0 Å². The first kappa shape index (κ1) is 75.3. The van der Waals surface area contributed by atoms with Gasteiger partial charge in [-0.1, -0.05) is 291 Å². The van der Waals surface area contributed by atoms with Crippen LogP contribution >= 0.6 is 0 Å². The van der Waals surface area contributed by atoms with Gasteiger partial charge in [0.1, 0.15) is 13.2 Å². The van der Waals surface area contributed by atoms with Gasteiger partial charge in [-0.05, 0) is 116 Å². The van der Waals surface area contributed by atoms with Crippen molar-refractivity contribution in [3.8, 4) is 0 Å². The van der Waals surface area contributed by atoms with E-state index in [1.54, 1.807) is 0 Å². The summed E-state index contributed by atoms with van der Waals surface area (Å²) in [5.41, 5.74) is 0. The highest BCUT2D eigenvalue weighted by Crippen LogP contribution is 2.17. The standard InChI is InChI=1S/C73H126O6/c1-4-7-10-13-16-19-22-24-26-28-30-32-33-34-35-36-37-38-39-41-42-44-46-48-51-54-57-60-63-66-72(75)78-69-70(68-77-71(74)65-62-59-56-53-50-21-18-15-12-9-6-3)79-73(76)67-64-61-58-55-52-49-47-45-43-40-31-29-27-25-23-20-17-14-11-8-5-2/h8,11,15,17-18,20,25,27-28,30-31,40,45,47,52,55,70H,4-7,9-10,12-14,16,19,21-24,26,29,32-39,41-44,46,48-51,53-54,56-69H2,1-3H3/b11-8-,18-15-,20-17-,27-25-,30-28-,40-31-,47-45-,55-52-. The summed E-state index contributed by atoms with van der Waals surface area (Å²) >= 11 is 0. The van der Waals surface area contributed by atoms with Crippen LogP contribution in [0.25, 0.3) is 0 Å². The number of allylic oxidation sites excluding steroid dienone is 16. The molecule has 0 aromatic rings. The molecule has 0 aliphatic heterocycles. The monoisotopic (exact) mass is 1100 g/mol. The zero-order chi connectivity index (χ0) is 57.1. The molecule has 0 saturated heterocycles. The third-order valence-corrected chi connectivity index (χ3v) is 14.5. The number of hydrogen-bond acceptors (Lipinski definition) is 6. The van der Waals surface area contributed by atoms with Crippen LogP contribution in [-0.2, 0) is 28.6 Å². The van der Waals surface area contributed by atoms with Gasteiger partial charge >= 0.3 is 17.9 Å². The first-order chi connectivity index (χ1) is 39.0. The van der Waals surface area contributed by atoms with Crippen molar-refractivity contribution in [3.05, 3.63) is 97.2 Å². The fourth-order valence-corrected chi connectivity index (χ4v) is 9.48. The van der Waals surface area contributed by atoms with E-state index in [9.17, 15) is 14.4 Å². The van der Waals surface area contributed by atoms with Crippen molar-refractivity contribution in [2.24, 2.45) is 0 Å². The molecule has 0 spiro atoms. The summed E-state index contributed by atoms with van der Waals surface area (Å²) < 4.78 is 16.9. The van der Waals surface area contributed by atoms with Crippen LogP contribution in [0.15, 0.2) is 97.2 Å². The number of rotatable bonds is 61. The van der Waals surface area contributed by atoms with Crippen molar-refractivity contribution in [2.45, 2.75) is 335 Å². The minimum Gasteiger partial charge on any atom is -0.462 e. The normalized spacial score (nSPS) is 12.7. The van der Waals surface area contributed by atoms with Gasteiger partial charge in [0.15, 0.2) is 6.10 Å². The van der Waals surface area contributed by atoms with Crippen LogP contribution in [0.1, 0.15) is 329 Å². The van der Waals surface area contributed by atoms with Crippen LogP contribution in [0, 0.1) is 0 Å². The van der Waals surface area contributed by atoms with Gasteiger partial charge in [-0.3, -0.25) is 14.4 Å². The number of carbonyl (C=O) groups is 3. The summed E-state index contributed by atoms with van der Waals surface area (Å²) in [5, 5.41) is 0. The third kappa shape index (κ3) is 65.0. The lowest BCUT2D eigenvalue weighted by atomic mass is 10.0. The molecule has 0 radical (unpaired) electrons. The summed E-state index contributed by atoms with van der Waals surface area (Å²) in [4.78, 5) is 38.3. The smallest absolute Gasteiger partial charge is 0.306 e. The highest BCUT2D eigenvalue weighted by molar-refractivity contribution is 5.71. The Bertz CT molecular complexity index is 1540. The van der Waals surface area contributed by atoms with Crippen molar-refractivity contribution in [2.75, 3.05) is 13.2 Å². The average Bonchev–Trinajstić information content (AvgIpc) is 3.45. The van der Waals surface area contributed by atoms with Gasteiger partial charge in [-0.2, -0.15) is 0 Å². The molecular weight excluding hydrogens is 973 g/mol. The zero-order valence-corrected chi connectivity index (χ0v) is 52.1. The number of unbranched alkanes of at least 4 members (excludes halogenated alkanes) is 34. The Morgan fingerprint density at radius 2 is 0.506 bits per heavy atom. The van der Waals surface area contributed by atoms with E-state index in [4.69, 9.17) is 14.2 Å². The maximum absolute atomic E-state index is 12.9. The minimum absolute atomic E-state index is 0.0962. The van der Waals surface area contributed by atoms with E-state index in [2.05, 4.69) is 118 Å². The number of esters is 3. The Morgan fingerprint density at radius 1 is 0.266 bits per heavy atom. The Labute approximate surface area is 489 Å². The van der Waals surface area contributed by atoms with E-state index in [1.165, 1.54) is 180 Å². The largest absolute Gasteiger partial charge is 0.462 e. The molecule has 454 valence electrons. The molecule has 6 nitrogen and oxygen atoms in total. The summed E-state index contributed by atoms with van der Waals surface area (Å²) in [7, 11) is 0. The number of carbonyl (C=O) groups excluding carboxylic acids is 3. The fourth-order valence-electron chi connectivity index (χ4n) is 9.48. The van der Waals surface area contributed by atoms with Gasteiger partial charge in [0.05, 0.1) is 0 Å². The lowest BCUT2D eigenvalue weighted by Crippen LogP contribution is -2.30. The minimum atomic E-state index is -0.805. The van der Waals surface area contributed by atoms with Gasteiger partial charge in [0, 0.05) is 19.3 Å². The summed E-state index contributed by atoms with van der Waals surface area (Å²) in [6, 6.07) is 0. The Morgan fingerprint density at radius 3 is 0.848 bits per heavy atom. The van der Waals surface area contributed by atoms with E-state index >= 15 is 0 Å². The number of hydrogen-bond donors (Lipinski definition) is 0. The molecule has 0 saturated carbocycles. The molecule has 0 heterocycles. The highest BCUT2D eigenvalue weighted by Gasteiger charge is 2.19. The average molecular weight is 1100 g/mol. The van der Waals surface area contributed by atoms with E-state index in [1.807, 2.05) is 0 Å². The Hall–Kier alpha value is -3.67. The zero-order valence-electron chi connectivity index (χ0n) is 52.1. The maximum Gasteiger partial charge on any atom is 0.306 e. The Balaban J connectivity index is 4.26. The molecule has 1 atom stereocenters. The van der Waals surface area contributed by atoms with Crippen LogP contribution in [0.4, 0.5) is 0 Å². The Kier molecular flexibility index (Phi) is 63.7. The summed E-state index contributed by atoms with van der Waals surface area (Å²) in [5.74, 6) is -0.940. The predicted octanol–water partition coefficient (Wildman–Crippen LogP) is 23.2. The molecule has 1 unspecified atom stereocenters. The fraction of sp³-hybridized carbons (Fsp3) is 0.740. The SMILES string of the molecule is CC/C=C\C/C=C\C/C=C\C/C=C\C/C=C\C/C=C\CCCCC(=O)OC(COC(=O)CCCCCCC/C=C\CCCC)COC(=O)CCCCCCCCCCCCCCCCCCC/C=C\CCCCCCCCCC. The molecule has 6 heteroatoms. The molecule has 0 N–H and O–H groups in total. The van der Waals surface area contributed by atoms with Crippen molar-refractivity contribution >= 4 is 17.9 Å². The topological polar surface area (TPSA) is 78.9 Å². The van der Waals surface area contributed by atoms with Crippen molar-refractivity contribution in [1.29, 1.82) is 0 Å². The predicted molar refractivity (Wildman–Crippen MR) is 344 cm³/mol. The van der Waals surface area contributed by atoms with Crippen molar-refractivity contribution in [3.63, 3.8) is 0 Å². The lowest BCUT2D eigenvalue weighted by Gasteiger charge is -2.18.